The molecule has 0 spiro atoms. The summed E-state index contributed by atoms with van der Waals surface area (Å²) in [5, 5.41) is 0. The lowest BCUT2D eigenvalue weighted by atomic mass is 9.99. The molecule has 0 heterocycles. The van der Waals surface area contributed by atoms with Gasteiger partial charge >= 0.3 is 0 Å². The van der Waals surface area contributed by atoms with Crippen LogP contribution in [0, 0.1) is 12.8 Å². The Morgan fingerprint density at radius 3 is 2.43 bits per heavy atom. The molecular weight excluding hydrogens is 284 g/mol. The van der Waals surface area contributed by atoms with E-state index in [2.05, 4.69) is 13.5 Å². The lowest BCUT2D eigenvalue weighted by Crippen LogP contribution is -2.08. The van der Waals surface area contributed by atoms with Crippen molar-refractivity contribution in [3.8, 4) is 0 Å². The Balaban J connectivity index is 2.31. The van der Waals surface area contributed by atoms with E-state index in [1.807, 2.05) is 13.0 Å². The number of aryl methyl sites for hydroxylation is 1. The van der Waals surface area contributed by atoms with Gasteiger partial charge in [-0.15, -0.1) is 6.58 Å². The molecule has 118 valence electrons. The molecule has 0 saturated carbocycles. The lowest BCUT2D eigenvalue weighted by Gasteiger charge is -2.11. The summed E-state index contributed by atoms with van der Waals surface area (Å²) in [6.07, 6.45) is 7.03. The number of hydrogen-bond donors (Lipinski definition) is 0. The average Bonchev–Trinajstić information content (AvgIpc) is 2.44. The fourth-order valence-corrected chi connectivity index (χ4v) is 3.07. The van der Waals surface area contributed by atoms with Gasteiger partial charge in [-0.3, -0.25) is 4.18 Å². The van der Waals surface area contributed by atoms with Crippen molar-refractivity contribution in [1.29, 1.82) is 0 Å². The van der Waals surface area contributed by atoms with E-state index in [0.717, 1.165) is 37.7 Å². The van der Waals surface area contributed by atoms with Crippen LogP contribution in [0.4, 0.5) is 0 Å². The van der Waals surface area contributed by atoms with Crippen LogP contribution in [0.1, 0.15) is 44.6 Å². The summed E-state index contributed by atoms with van der Waals surface area (Å²) in [5.41, 5.74) is 1.03. The summed E-state index contributed by atoms with van der Waals surface area (Å²) in [6.45, 7) is 8.07. The van der Waals surface area contributed by atoms with Crippen LogP contribution < -0.4 is 0 Å². The zero-order valence-corrected chi connectivity index (χ0v) is 13.9. The van der Waals surface area contributed by atoms with Crippen molar-refractivity contribution < 1.29 is 12.6 Å². The maximum Gasteiger partial charge on any atom is 0.296 e. The molecule has 0 N–H and O–H groups in total. The second-order valence-electron chi connectivity index (χ2n) is 5.56. The van der Waals surface area contributed by atoms with Gasteiger partial charge < -0.3 is 0 Å². The van der Waals surface area contributed by atoms with E-state index in [9.17, 15) is 8.42 Å². The first-order valence-electron chi connectivity index (χ1n) is 7.52. The van der Waals surface area contributed by atoms with E-state index in [1.54, 1.807) is 24.3 Å². The molecule has 1 aromatic carbocycles. The van der Waals surface area contributed by atoms with Crippen molar-refractivity contribution in [2.24, 2.45) is 5.92 Å². The van der Waals surface area contributed by atoms with Crippen molar-refractivity contribution in [2.75, 3.05) is 6.61 Å². The molecule has 1 atom stereocenters. The molecule has 0 aliphatic rings. The highest BCUT2D eigenvalue weighted by Gasteiger charge is 2.14. The zero-order chi connectivity index (χ0) is 15.7. The molecule has 0 amide bonds. The number of hydrogen-bond acceptors (Lipinski definition) is 3. The standard InChI is InChI=1S/C17H26O3S/c1-4-5-6-8-15(2)9-7-14-20-21(18,19)17-12-10-16(3)11-13-17/h4,10-13,15H,1,5-9,14H2,2-3H3. The Kier molecular flexibility index (Phi) is 7.68. The Labute approximate surface area is 129 Å². The van der Waals surface area contributed by atoms with E-state index >= 15 is 0 Å². The second-order valence-corrected chi connectivity index (χ2v) is 7.17. The predicted molar refractivity (Wildman–Crippen MR) is 86.8 cm³/mol. The molecule has 0 radical (unpaired) electrons. The van der Waals surface area contributed by atoms with E-state index in [0.29, 0.717) is 5.92 Å². The normalized spacial score (nSPS) is 13.0. The van der Waals surface area contributed by atoms with Gasteiger partial charge in [0.05, 0.1) is 11.5 Å². The lowest BCUT2D eigenvalue weighted by molar-refractivity contribution is 0.294. The fourth-order valence-electron chi connectivity index (χ4n) is 2.13. The van der Waals surface area contributed by atoms with E-state index in [1.165, 1.54) is 0 Å². The summed E-state index contributed by atoms with van der Waals surface area (Å²) in [5.74, 6) is 0.593. The van der Waals surface area contributed by atoms with Crippen LogP contribution in [-0.2, 0) is 14.3 Å². The Bertz CT molecular complexity index is 517. The number of unbranched alkanes of at least 4 members (excludes halogenated alkanes) is 1. The number of allylic oxidation sites excluding steroid dienone is 1. The number of benzene rings is 1. The Morgan fingerprint density at radius 2 is 1.81 bits per heavy atom. The van der Waals surface area contributed by atoms with Crippen LogP contribution in [-0.4, -0.2) is 15.0 Å². The molecule has 0 aliphatic heterocycles. The Morgan fingerprint density at radius 1 is 1.19 bits per heavy atom. The summed E-state index contributed by atoms with van der Waals surface area (Å²) in [4.78, 5) is 0.229. The highest BCUT2D eigenvalue weighted by Crippen LogP contribution is 2.17. The van der Waals surface area contributed by atoms with E-state index in [4.69, 9.17) is 4.18 Å². The molecule has 0 aliphatic carbocycles. The maximum absolute atomic E-state index is 12.0. The minimum Gasteiger partial charge on any atom is -0.266 e. The average molecular weight is 310 g/mol. The highest BCUT2D eigenvalue weighted by molar-refractivity contribution is 7.86. The van der Waals surface area contributed by atoms with Gasteiger partial charge in [0, 0.05) is 0 Å². The monoisotopic (exact) mass is 310 g/mol. The molecule has 1 unspecified atom stereocenters. The van der Waals surface area contributed by atoms with Crippen molar-refractivity contribution in [1.82, 2.24) is 0 Å². The van der Waals surface area contributed by atoms with Gasteiger partial charge in [-0.25, -0.2) is 0 Å². The van der Waals surface area contributed by atoms with Crippen LogP contribution in [0.15, 0.2) is 41.8 Å². The molecule has 1 aromatic rings. The van der Waals surface area contributed by atoms with Gasteiger partial charge in [-0.2, -0.15) is 8.42 Å². The Hall–Kier alpha value is -1.13. The first-order valence-corrected chi connectivity index (χ1v) is 8.93. The third-order valence-electron chi connectivity index (χ3n) is 3.49. The zero-order valence-electron chi connectivity index (χ0n) is 13.0. The van der Waals surface area contributed by atoms with Crippen molar-refractivity contribution in [3.05, 3.63) is 42.5 Å². The van der Waals surface area contributed by atoms with Gasteiger partial charge in [0.15, 0.2) is 0 Å². The molecule has 0 bridgehead atoms. The van der Waals surface area contributed by atoms with Crippen LogP contribution in [0.5, 0.6) is 0 Å². The van der Waals surface area contributed by atoms with Crippen molar-refractivity contribution in [3.63, 3.8) is 0 Å². The van der Waals surface area contributed by atoms with Gasteiger partial charge in [0.2, 0.25) is 0 Å². The minimum absolute atomic E-state index is 0.229. The highest BCUT2D eigenvalue weighted by atomic mass is 32.2. The summed E-state index contributed by atoms with van der Waals surface area (Å²) in [7, 11) is -3.61. The van der Waals surface area contributed by atoms with Crippen molar-refractivity contribution in [2.45, 2.75) is 50.8 Å². The first kappa shape index (κ1) is 17.9. The quantitative estimate of drug-likeness (QED) is 0.364. The molecule has 3 nitrogen and oxygen atoms in total. The second kappa shape index (κ2) is 9.00. The molecule has 4 heteroatoms. The smallest absolute Gasteiger partial charge is 0.266 e. The van der Waals surface area contributed by atoms with Crippen LogP contribution in [0.2, 0.25) is 0 Å². The van der Waals surface area contributed by atoms with Crippen LogP contribution >= 0.6 is 0 Å². The third kappa shape index (κ3) is 6.91. The van der Waals surface area contributed by atoms with Gasteiger partial charge in [-0.05, 0) is 50.7 Å². The summed E-state index contributed by atoms with van der Waals surface area (Å²) >= 11 is 0. The first-order chi connectivity index (χ1) is 9.95. The molecule has 1 rings (SSSR count). The fraction of sp³-hybridized carbons (Fsp3) is 0.529. The SMILES string of the molecule is C=CCCCC(C)CCCOS(=O)(=O)c1ccc(C)cc1. The number of rotatable bonds is 10. The molecule has 0 saturated heterocycles. The van der Waals surface area contributed by atoms with Crippen molar-refractivity contribution >= 4 is 10.1 Å². The van der Waals surface area contributed by atoms with Crippen LogP contribution in [0.3, 0.4) is 0 Å². The van der Waals surface area contributed by atoms with Gasteiger partial charge in [0.25, 0.3) is 10.1 Å². The van der Waals surface area contributed by atoms with E-state index < -0.39 is 10.1 Å². The summed E-state index contributed by atoms with van der Waals surface area (Å²) in [6, 6.07) is 6.72. The molecule has 0 aromatic heterocycles. The van der Waals surface area contributed by atoms with Gasteiger partial charge in [-0.1, -0.05) is 37.1 Å². The van der Waals surface area contributed by atoms with Crippen LogP contribution in [0.25, 0.3) is 0 Å². The largest absolute Gasteiger partial charge is 0.296 e. The third-order valence-corrected chi connectivity index (χ3v) is 4.82. The molecule has 21 heavy (non-hydrogen) atoms. The topological polar surface area (TPSA) is 43.4 Å². The molecular formula is C17H26O3S. The maximum atomic E-state index is 12.0. The summed E-state index contributed by atoms with van der Waals surface area (Å²) < 4.78 is 29.0. The predicted octanol–water partition coefficient (Wildman–Crippen LogP) is 4.47. The van der Waals surface area contributed by atoms with Gasteiger partial charge in [0.1, 0.15) is 0 Å². The minimum atomic E-state index is -3.61. The van der Waals surface area contributed by atoms with E-state index in [-0.39, 0.29) is 11.5 Å². The molecule has 0 fully saturated rings.